The van der Waals surface area contributed by atoms with Crippen LogP contribution in [0, 0.1) is 12.7 Å². The van der Waals surface area contributed by atoms with Crippen LogP contribution < -0.4 is 11.0 Å². The van der Waals surface area contributed by atoms with Gasteiger partial charge < -0.3 is 10.1 Å². The first-order chi connectivity index (χ1) is 13.0. The van der Waals surface area contributed by atoms with E-state index in [1.165, 1.54) is 10.6 Å². The van der Waals surface area contributed by atoms with E-state index in [0.29, 0.717) is 11.2 Å². The first kappa shape index (κ1) is 17.9. The molecule has 1 fully saturated rings. The van der Waals surface area contributed by atoms with Crippen molar-refractivity contribution in [1.29, 1.82) is 0 Å². The SMILES string of the molecule is COC1CC(Nc2nc(=O)n(-c3ccccc3C)c3cc(Cl)cc(F)c23)C1. The van der Waals surface area contributed by atoms with E-state index in [1.54, 1.807) is 19.2 Å². The highest BCUT2D eigenvalue weighted by atomic mass is 35.5. The molecule has 1 N–H and O–H groups in total. The normalized spacial score (nSPS) is 19.1. The number of aromatic nitrogens is 2. The Labute approximate surface area is 160 Å². The molecule has 7 heteroatoms. The summed E-state index contributed by atoms with van der Waals surface area (Å²) in [6.45, 7) is 1.89. The number of ether oxygens (including phenoxy) is 1. The molecule has 5 nitrogen and oxygen atoms in total. The molecule has 1 heterocycles. The Bertz CT molecular complexity index is 1080. The van der Waals surface area contributed by atoms with Gasteiger partial charge in [0.15, 0.2) is 0 Å². The largest absolute Gasteiger partial charge is 0.381 e. The summed E-state index contributed by atoms with van der Waals surface area (Å²) < 4.78 is 21.5. The Morgan fingerprint density at radius 3 is 2.74 bits per heavy atom. The quantitative estimate of drug-likeness (QED) is 0.733. The molecular weight excluding hydrogens is 369 g/mol. The first-order valence-electron chi connectivity index (χ1n) is 8.75. The van der Waals surface area contributed by atoms with Gasteiger partial charge in [-0.1, -0.05) is 29.8 Å². The predicted molar refractivity (Wildman–Crippen MR) is 104 cm³/mol. The van der Waals surface area contributed by atoms with Crippen molar-refractivity contribution in [2.75, 3.05) is 12.4 Å². The van der Waals surface area contributed by atoms with Gasteiger partial charge in [0.2, 0.25) is 0 Å². The number of para-hydroxylation sites is 1. The Kier molecular flexibility index (Phi) is 4.61. The molecule has 140 valence electrons. The van der Waals surface area contributed by atoms with Crippen molar-refractivity contribution in [3.8, 4) is 5.69 Å². The maximum Gasteiger partial charge on any atom is 0.354 e. The average Bonchev–Trinajstić information content (AvgIpc) is 2.58. The summed E-state index contributed by atoms with van der Waals surface area (Å²) >= 11 is 6.10. The topological polar surface area (TPSA) is 56.1 Å². The lowest BCUT2D eigenvalue weighted by atomic mass is 9.89. The van der Waals surface area contributed by atoms with Crippen molar-refractivity contribution in [1.82, 2.24) is 9.55 Å². The van der Waals surface area contributed by atoms with E-state index in [0.717, 1.165) is 18.4 Å². The van der Waals surface area contributed by atoms with Gasteiger partial charge in [0.25, 0.3) is 0 Å². The molecule has 1 aromatic heterocycles. The van der Waals surface area contributed by atoms with Gasteiger partial charge in [-0.05, 0) is 43.5 Å². The summed E-state index contributed by atoms with van der Waals surface area (Å²) in [6, 6.07) is 10.3. The van der Waals surface area contributed by atoms with Crippen molar-refractivity contribution >= 4 is 28.3 Å². The number of rotatable bonds is 4. The van der Waals surface area contributed by atoms with Gasteiger partial charge in [0.1, 0.15) is 11.6 Å². The molecule has 4 rings (SSSR count). The van der Waals surface area contributed by atoms with E-state index in [9.17, 15) is 9.18 Å². The molecule has 0 spiro atoms. The average molecular weight is 388 g/mol. The standard InChI is InChI=1S/C20H19ClFN3O2/c1-11-5-3-4-6-16(11)25-17-8-12(21)7-15(22)18(17)19(24-20(25)26)23-13-9-14(10-13)27-2/h3-8,13-14H,9-10H2,1-2H3,(H,23,24,26). The maximum atomic E-state index is 14.8. The number of nitrogens with zero attached hydrogens (tertiary/aromatic N) is 2. The summed E-state index contributed by atoms with van der Waals surface area (Å²) in [6.07, 6.45) is 1.76. The van der Waals surface area contributed by atoms with Crippen LogP contribution in [0.25, 0.3) is 16.6 Å². The number of fused-ring (bicyclic) bond motifs is 1. The molecule has 27 heavy (non-hydrogen) atoms. The molecule has 1 aliphatic carbocycles. The smallest absolute Gasteiger partial charge is 0.354 e. The number of nitrogens with one attached hydrogen (secondary N) is 1. The Morgan fingerprint density at radius 1 is 1.30 bits per heavy atom. The van der Waals surface area contributed by atoms with Gasteiger partial charge in [-0.3, -0.25) is 4.57 Å². The van der Waals surface area contributed by atoms with Crippen LogP contribution in [-0.2, 0) is 4.74 Å². The third-order valence-electron chi connectivity index (χ3n) is 5.04. The van der Waals surface area contributed by atoms with Gasteiger partial charge in [0.05, 0.1) is 22.7 Å². The van der Waals surface area contributed by atoms with Crippen molar-refractivity contribution in [2.45, 2.75) is 31.9 Å². The van der Waals surface area contributed by atoms with Crippen molar-refractivity contribution in [2.24, 2.45) is 0 Å². The lowest BCUT2D eigenvalue weighted by molar-refractivity contribution is 0.0328. The molecule has 1 aliphatic rings. The number of hydrogen-bond acceptors (Lipinski definition) is 4. The molecule has 0 amide bonds. The molecule has 0 aliphatic heterocycles. The van der Waals surface area contributed by atoms with Gasteiger partial charge >= 0.3 is 5.69 Å². The highest BCUT2D eigenvalue weighted by molar-refractivity contribution is 6.31. The summed E-state index contributed by atoms with van der Waals surface area (Å²) in [5.74, 6) is -0.272. The lowest BCUT2D eigenvalue weighted by Gasteiger charge is -2.35. The summed E-state index contributed by atoms with van der Waals surface area (Å²) in [4.78, 5) is 17.0. The van der Waals surface area contributed by atoms with E-state index < -0.39 is 11.5 Å². The molecule has 0 saturated heterocycles. The van der Waals surface area contributed by atoms with Crippen LogP contribution >= 0.6 is 11.6 Å². The van der Waals surface area contributed by atoms with Gasteiger partial charge in [-0.2, -0.15) is 4.98 Å². The maximum absolute atomic E-state index is 14.8. The second-order valence-electron chi connectivity index (χ2n) is 6.82. The zero-order chi connectivity index (χ0) is 19.1. The van der Waals surface area contributed by atoms with Crippen LogP contribution in [0.5, 0.6) is 0 Å². The van der Waals surface area contributed by atoms with Crippen LogP contribution in [0.15, 0.2) is 41.2 Å². The lowest BCUT2D eigenvalue weighted by Crippen LogP contribution is -2.41. The minimum Gasteiger partial charge on any atom is -0.381 e. The third kappa shape index (κ3) is 3.19. The van der Waals surface area contributed by atoms with Crippen LogP contribution in [0.3, 0.4) is 0 Å². The fourth-order valence-electron chi connectivity index (χ4n) is 3.50. The Hall–Kier alpha value is -2.44. The molecule has 0 bridgehead atoms. The molecule has 0 unspecified atom stereocenters. The van der Waals surface area contributed by atoms with Crippen molar-refractivity contribution in [3.63, 3.8) is 0 Å². The van der Waals surface area contributed by atoms with E-state index in [1.807, 2.05) is 25.1 Å². The molecule has 0 radical (unpaired) electrons. The van der Waals surface area contributed by atoms with Crippen LogP contribution in [0.4, 0.5) is 10.2 Å². The number of halogens is 2. The second kappa shape index (κ2) is 6.94. The Morgan fingerprint density at radius 2 is 2.04 bits per heavy atom. The fourth-order valence-corrected chi connectivity index (χ4v) is 3.70. The highest BCUT2D eigenvalue weighted by Gasteiger charge is 2.30. The molecule has 3 aromatic rings. The minimum atomic E-state index is -0.516. The molecule has 0 atom stereocenters. The van der Waals surface area contributed by atoms with Crippen LogP contribution in [0.2, 0.25) is 5.02 Å². The van der Waals surface area contributed by atoms with Gasteiger partial charge in [-0.25, -0.2) is 9.18 Å². The van der Waals surface area contributed by atoms with Gasteiger partial charge in [0, 0.05) is 18.2 Å². The monoisotopic (exact) mass is 387 g/mol. The third-order valence-corrected chi connectivity index (χ3v) is 5.25. The van der Waals surface area contributed by atoms with Crippen molar-refractivity contribution in [3.05, 3.63) is 63.3 Å². The first-order valence-corrected chi connectivity index (χ1v) is 9.13. The molecule has 1 saturated carbocycles. The van der Waals surface area contributed by atoms with E-state index >= 15 is 0 Å². The number of hydrogen-bond donors (Lipinski definition) is 1. The van der Waals surface area contributed by atoms with E-state index in [4.69, 9.17) is 16.3 Å². The zero-order valence-electron chi connectivity index (χ0n) is 15.0. The van der Waals surface area contributed by atoms with Crippen molar-refractivity contribution < 1.29 is 9.13 Å². The predicted octanol–water partition coefficient (Wildman–Crippen LogP) is 4.08. The number of methoxy groups -OCH3 is 1. The summed E-state index contributed by atoms with van der Waals surface area (Å²) in [5, 5.41) is 3.67. The van der Waals surface area contributed by atoms with Crippen LogP contribution in [0.1, 0.15) is 18.4 Å². The highest BCUT2D eigenvalue weighted by Crippen LogP contribution is 2.32. The summed E-state index contributed by atoms with van der Waals surface area (Å²) in [7, 11) is 1.67. The minimum absolute atomic E-state index is 0.0921. The zero-order valence-corrected chi connectivity index (χ0v) is 15.8. The number of anilines is 1. The van der Waals surface area contributed by atoms with E-state index in [-0.39, 0.29) is 28.4 Å². The van der Waals surface area contributed by atoms with Crippen LogP contribution in [-0.4, -0.2) is 28.8 Å². The molecule has 2 aromatic carbocycles. The number of aryl methyl sites for hydroxylation is 1. The van der Waals surface area contributed by atoms with E-state index in [2.05, 4.69) is 10.3 Å². The second-order valence-corrected chi connectivity index (χ2v) is 7.25. The number of benzene rings is 2. The fraction of sp³-hybridized carbons (Fsp3) is 0.300. The Balaban J connectivity index is 1.91. The summed E-state index contributed by atoms with van der Waals surface area (Å²) in [5.41, 5.74) is 1.44. The molecular formula is C20H19ClFN3O2. The van der Waals surface area contributed by atoms with Gasteiger partial charge in [-0.15, -0.1) is 0 Å².